The molecule has 0 aliphatic heterocycles. The minimum Gasteiger partial charge on any atom is -0.497 e. The van der Waals surface area contributed by atoms with Crippen molar-refractivity contribution in [1.82, 2.24) is 0 Å². The molecule has 0 amide bonds. The van der Waals surface area contributed by atoms with Crippen LogP contribution in [0.25, 0.3) is 0 Å². The Labute approximate surface area is 112 Å². The maximum Gasteiger partial charge on any atom is 0.120 e. The lowest BCUT2D eigenvalue weighted by Crippen LogP contribution is -1.97. The predicted octanol–water partition coefficient (Wildman–Crippen LogP) is 3.40. The number of rotatable bonds is 4. The van der Waals surface area contributed by atoms with Crippen LogP contribution in [-0.4, -0.2) is 7.11 Å². The van der Waals surface area contributed by atoms with E-state index < -0.39 is 0 Å². The van der Waals surface area contributed by atoms with Crippen LogP contribution in [0.15, 0.2) is 42.5 Å². The lowest BCUT2D eigenvalue weighted by Gasteiger charge is -2.08. The van der Waals surface area contributed by atoms with Crippen molar-refractivity contribution in [1.29, 1.82) is 0 Å². The quantitative estimate of drug-likeness (QED) is 0.916. The van der Waals surface area contributed by atoms with Crippen molar-refractivity contribution in [3.63, 3.8) is 0 Å². The van der Waals surface area contributed by atoms with E-state index in [1.54, 1.807) is 7.11 Å². The average molecular weight is 262 g/mol. The number of benzene rings is 2. The van der Waals surface area contributed by atoms with E-state index in [0.29, 0.717) is 6.54 Å². The van der Waals surface area contributed by atoms with Crippen molar-refractivity contribution in [2.75, 3.05) is 7.11 Å². The van der Waals surface area contributed by atoms with Crippen LogP contribution in [0.3, 0.4) is 0 Å². The fourth-order valence-corrected chi connectivity index (χ4v) is 2.12. The smallest absolute Gasteiger partial charge is 0.120 e. The molecule has 18 heavy (non-hydrogen) atoms. The molecule has 0 aliphatic rings. The van der Waals surface area contributed by atoms with Crippen LogP contribution < -0.4 is 10.5 Å². The van der Waals surface area contributed by atoms with Gasteiger partial charge in [0.25, 0.3) is 0 Å². The van der Waals surface area contributed by atoms with Gasteiger partial charge in [0, 0.05) is 11.6 Å². The Morgan fingerprint density at radius 1 is 1.11 bits per heavy atom. The molecule has 0 radical (unpaired) electrons. The van der Waals surface area contributed by atoms with Crippen LogP contribution in [0, 0.1) is 0 Å². The molecule has 3 heteroatoms. The SMILES string of the molecule is COc1ccc(Cc2cccc(CN)c2)c(Cl)c1. The fraction of sp³-hybridized carbons (Fsp3) is 0.200. The maximum absolute atomic E-state index is 6.23. The zero-order valence-corrected chi connectivity index (χ0v) is 11.1. The van der Waals surface area contributed by atoms with Crippen LogP contribution in [0.2, 0.25) is 5.02 Å². The van der Waals surface area contributed by atoms with Gasteiger partial charge in [0.15, 0.2) is 0 Å². The molecule has 0 bridgehead atoms. The van der Waals surface area contributed by atoms with Gasteiger partial charge in [0.1, 0.15) is 5.75 Å². The highest BCUT2D eigenvalue weighted by Crippen LogP contribution is 2.24. The van der Waals surface area contributed by atoms with Gasteiger partial charge in [-0.15, -0.1) is 0 Å². The second kappa shape index (κ2) is 5.89. The summed E-state index contributed by atoms with van der Waals surface area (Å²) in [4.78, 5) is 0. The van der Waals surface area contributed by atoms with E-state index in [1.165, 1.54) is 5.56 Å². The Hall–Kier alpha value is -1.51. The zero-order valence-electron chi connectivity index (χ0n) is 10.3. The lowest BCUT2D eigenvalue weighted by atomic mass is 10.0. The molecule has 2 rings (SSSR count). The van der Waals surface area contributed by atoms with Gasteiger partial charge in [-0.25, -0.2) is 0 Å². The molecular weight excluding hydrogens is 246 g/mol. The second-order valence-electron chi connectivity index (χ2n) is 4.16. The van der Waals surface area contributed by atoms with Gasteiger partial charge in [0.05, 0.1) is 7.11 Å². The third-order valence-electron chi connectivity index (χ3n) is 2.88. The molecule has 0 unspecified atom stereocenters. The molecule has 0 saturated carbocycles. The van der Waals surface area contributed by atoms with Gasteiger partial charge in [0.2, 0.25) is 0 Å². The summed E-state index contributed by atoms with van der Waals surface area (Å²) < 4.78 is 5.14. The largest absolute Gasteiger partial charge is 0.497 e. The van der Waals surface area contributed by atoms with Crippen molar-refractivity contribution < 1.29 is 4.74 Å². The van der Waals surface area contributed by atoms with E-state index in [2.05, 4.69) is 12.1 Å². The molecule has 0 heterocycles. The number of nitrogens with two attached hydrogens (primary N) is 1. The Kier molecular flexibility index (Phi) is 4.24. The average Bonchev–Trinajstić information content (AvgIpc) is 2.41. The number of ether oxygens (including phenoxy) is 1. The van der Waals surface area contributed by atoms with Crippen LogP contribution in [0.5, 0.6) is 5.75 Å². The number of hydrogen-bond acceptors (Lipinski definition) is 2. The first-order valence-electron chi connectivity index (χ1n) is 5.83. The van der Waals surface area contributed by atoms with E-state index >= 15 is 0 Å². The number of halogens is 1. The summed E-state index contributed by atoms with van der Waals surface area (Å²) >= 11 is 6.23. The Morgan fingerprint density at radius 2 is 1.89 bits per heavy atom. The normalized spacial score (nSPS) is 10.4. The Balaban J connectivity index is 2.22. The molecule has 0 aromatic heterocycles. The molecule has 0 aliphatic carbocycles. The first-order valence-corrected chi connectivity index (χ1v) is 6.21. The first kappa shape index (κ1) is 12.9. The highest BCUT2D eigenvalue weighted by molar-refractivity contribution is 6.31. The number of hydrogen-bond donors (Lipinski definition) is 1. The standard InChI is InChI=1S/C15H16ClNO/c1-18-14-6-5-13(15(16)9-14)8-11-3-2-4-12(7-11)10-17/h2-7,9H,8,10,17H2,1H3. The Bertz CT molecular complexity index is 540. The summed E-state index contributed by atoms with van der Waals surface area (Å²) in [5, 5.41) is 0.729. The van der Waals surface area contributed by atoms with Crippen molar-refractivity contribution >= 4 is 11.6 Å². The highest BCUT2D eigenvalue weighted by Gasteiger charge is 2.04. The van der Waals surface area contributed by atoms with Gasteiger partial charge >= 0.3 is 0 Å². The summed E-state index contributed by atoms with van der Waals surface area (Å²) in [7, 11) is 1.63. The van der Waals surface area contributed by atoms with Crippen molar-refractivity contribution in [3.8, 4) is 5.75 Å². The highest BCUT2D eigenvalue weighted by atomic mass is 35.5. The van der Waals surface area contributed by atoms with Crippen LogP contribution in [0.4, 0.5) is 0 Å². The van der Waals surface area contributed by atoms with Gasteiger partial charge in [-0.1, -0.05) is 41.9 Å². The molecular formula is C15H16ClNO. The molecule has 0 spiro atoms. The van der Waals surface area contributed by atoms with Crippen molar-refractivity contribution in [2.24, 2.45) is 5.73 Å². The van der Waals surface area contributed by atoms with E-state index in [1.807, 2.05) is 30.3 Å². The molecule has 0 saturated heterocycles. The topological polar surface area (TPSA) is 35.2 Å². The Morgan fingerprint density at radius 3 is 2.56 bits per heavy atom. The van der Waals surface area contributed by atoms with Gasteiger partial charge < -0.3 is 10.5 Å². The van der Waals surface area contributed by atoms with Gasteiger partial charge in [-0.05, 0) is 35.2 Å². The van der Waals surface area contributed by atoms with E-state index in [9.17, 15) is 0 Å². The predicted molar refractivity (Wildman–Crippen MR) is 75.1 cm³/mol. The van der Waals surface area contributed by atoms with Crippen LogP contribution in [0.1, 0.15) is 16.7 Å². The summed E-state index contributed by atoms with van der Waals surface area (Å²) in [6, 6.07) is 14.0. The molecule has 94 valence electrons. The van der Waals surface area contributed by atoms with E-state index in [-0.39, 0.29) is 0 Å². The first-order chi connectivity index (χ1) is 8.72. The molecule has 2 aromatic rings. The van der Waals surface area contributed by atoms with Crippen molar-refractivity contribution in [3.05, 3.63) is 64.2 Å². The maximum atomic E-state index is 6.23. The van der Waals surface area contributed by atoms with Crippen LogP contribution >= 0.6 is 11.6 Å². The number of methoxy groups -OCH3 is 1. The monoisotopic (exact) mass is 261 g/mol. The molecule has 2 N–H and O–H groups in total. The summed E-state index contributed by atoms with van der Waals surface area (Å²) in [6.07, 6.45) is 0.802. The molecule has 0 atom stereocenters. The minimum atomic E-state index is 0.560. The molecule has 2 nitrogen and oxygen atoms in total. The van der Waals surface area contributed by atoms with Crippen molar-refractivity contribution in [2.45, 2.75) is 13.0 Å². The summed E-state index contributed by atoms with van der Waals surface area (Å²) in [6.45, 7) is 0.560. The third-order valence-corrected chi connectivity index (χ3v) is 3.23. The molecule has 0 fully saturated rings. The summed E-state index contributed by atoms with van der Waals surface area (Å²) in [5.74, 6) is 0.777. The third kappa shape index (κ3) is 3.03. The van der Waals surface area contributed by atoms with Gasteiger partial charge in [-0.3, -0.25) is 0 Å². The fourth-order valence-electron chi connectivity index (χ4n) is 1.88. The molecule has 2 aromatic carbocycles. The lowest BCUT2D eigenvalue weighted by molar-refractivity contribution is 0.414. The van der Waals surface area contributed by atoms with E-state index in [0.717, 1.165) is 28.3 Å². The second-order valence-corrected chi connectivity index (χ2v) is 4.57. The minimum absolute atomic E-state index is 0.560. The van der Waals surface area contributed by atoms with E-state index in [4.69, 9.17) is 22.1 Å². The van der Waals surface area contributed by atoms with Crippen LogP contribution in [-0.2, 0) is 13.0 Å². The summed E-state index contributed by atoms with van der Waals surface area (Å²) in [5.41, 5.74) is 9.08. The van der Waals surface area contributed by atoms with Gasteiger partial charge in [-0.2, -0.15) is 0 Å². The zero-order chi connectivity index (χ0) is 13.0.